The summed E-state index contributed by atoms with van der Waals surface area (Å²) in [6, 6.07) is 6.70. The fourth-order valence-electron chi connectivity index (χ4n) is 2.06. The van der Waals surface area contributed by atoms with Gasteiger partial charge in [-0.1, -0.05) is 17.7 Å². The van der Waals surface area contributed by atoms with Crippen molar-refractivity contribution >= 4 is 0 Å². The van der Waals surface area contributed by atoms with Crippen LogP contribution in [0.4, 0.5) is 0 Å². The lowest BCUT2D eigenvalue weighted by Gasteiger charge is -2.20. The molecule has 0 aliphatic heterocycles. The molecular formula is C14H24N2O. The van der Waals surface area contributed by atoms with Gasteiger partial charge in [-0.2, -0.15) is 0 Å². The molecule has 1 rings (SSSR count). The topological polar surface area (TPSA) is 33.3 Å². The Morgan fingerprint density at radius 3 is 2.65 bits per heavy atom. The summed E-state index contributed by atoms with van der Waals surface area (Å²) < 4.78 is 5.43. The zero-order valence-electron chi connectivity index (χ0n) is 11.3. The monoisotopic (exact) mass is 236 g/mol. The predicted molar refractivity (Wildman–Crippen MR) is 72.7 cm³/mol. The molecule has 0 aromatic heterocycles. The Hall–Kier alpha value is -1.06. The lowest BCUT2D eigenvalue weighted by atomic mass is 9.99. The number of aryl methyl sites for hydroxylation is 1. The first-order valence-corrected chi connectivity index (χ1v) is 6.19. The number of methoxy groups -OCH3 is 1. The van der Waals surface area contributed by atoms with E-state index in [1.165, 1.54) is 11.1 Å². The van der Waals surface area contributed by atoms with E-state index >= 15 is 0 Å². The van der Waals surface area contributed by atoms with Crippen molar-refractivity contribution in [2.75, 3.05) is 27.7 Å². The van der Waals surface area contributed by atoms with E-state index in [-0.39, 0.29) is 0 Å². The van der Waals surface area contributed by atoms with E-state index in [9.17, 15) is 0 Å². The standard InChI is InChI=1S/C14H24N2O/c1-11-7-8-14(17-4)12(10-11)13(16-3)6-5-9-15-2/h7-8,10,13,15-16H,5-6,9H2,1-4H3. The molecule has 2 N–H and O–H groups in total. The van der Waals surface area contributed by atoms with E-state index in [0.717, 1.165) is 25.1 Å². The molecule has 96 valence electrons. The van der Waals surface area contributed by atoms with Crippen LogP contribution >= 0.6 is 0 Å². The van der Waals surface area contributed by atoms with Crippen molar-refractivity contribution in [3.8, 4) is 5.75 Å². The van der Waals surface area contributed by atoms with Crippen molar-refractivity contribution in [3.63, 3.8) is 0 Å². The van der Waals surface area contributed by atoms with Crippen LogP contribution in [0.2, 0.25) is 0 Å². The van der Waals surface area contributed by atoms with Gasteiger partial charge in [0.05, 0.1) is 7.11 Å². The van der Waals surface area contributed by atoms with Gasteiger partial charge in [-0.05, 0) is 46.5 Å². The van der Waals surface area contributed by atoms with Crippen LogP contribution in [-0.2, 0) is 0 Å². The Morgan fingerprint density at radius 2 is 2.06 bits per heavy atom. The van der Waals surface area contributed by atoms with Crippen molar-refractivity contribution < 1.29 is 4.74 Å². The molecule has 0 aliphatic rings. The fourth-order valence-corrected chi connectivity index (χ4v) is 2.06. The maximum absolute atomic E-state index is 5.43. The van der Waals surface area contributed by atoms with Crippen LogP contribution in [0.3, 0.4) is 0 Å². The Balaban J connectivity index is 2.82. The molecule has 3 heteroatoms. The molecule has 1 aromatic rings. The highest BCUT2D eigenvalue weighted by Gasteiger charge is 2.13. The highest BCUT2D eigenvalue weighted by Crippen LogP contribution is 2.28. The van der Waals surface area contributed by atoms with Crippen molar-refractivity contribution in [3.05, 3.63) is 29.3 Å². The lowest BCUT2D eigenvalue weighted by Crippen LogP contribution is -2.19. The van der Waals surface area contributed by atoms with Crippen LogP contribution in [0.1, 0.15) is 30.0 Å². The van der Waals surface area contributed by atoms with Crippen LogP contribution in [0.25, 0.3) is 0 Å². The number of nitrogens with one attached hydrogen (secondary N) is 2. The largest absolute Gasteiger partial charge is 0.496 e. The molecule has 1 unspecified atom stereocenters. The first kappa shape index (κ1) is 14.0. The summed E-state index contributed by atoms with van der Waals surface area (Å²) in [4.78, 5) is 0. The van der Waals surface area contributed by atoms with Crippen molar-refractivity contribution in [1.29, 1.82) is 0 Å². The summed E-state index contributed by atoms with van der Waals surface area (Å²) in [6.07, 6.45) is 2.26. The third kappa shape index (κ3) is 4.02. The van der Waals surface area contributed by atoms with Crippen LogP contribution in [0, 0.1) is 6.92 Å². The first-order chi connectivity index (χ1) is 8.22. The second-order valence-corrected chi connectivity index (χ2v) is 4.33. The maximum atomic E-state index is 5.43. The van der Waals surface area contributed by atoms with Crippen LogP contribution in [0.5, 0.6) is 5.75 Å². The lowest BCUT2D eigenvalue weighted by molar-refractivity contribution is 0.397. The van der Waals surface area contributed by atoms with Crippen molar-refractivity contribution in [2.24, 2.45) is 0 Å². The summed E-state index contributed by atoms with van der Waals surface area (Å²) in [5.41, 5.74) is 2.53. The second kappa shape index (κ2) is 7.30. The van der Waals surface area contributed by atoms with Gasteiger partial charge in [0.2, 0.25) is 0 Å². The quantitative estimate of drug-likeness (QED) is 0.713. The smallest absolute Gasteiger partial charge is 0.123 e. The van der Waals surface area contributed by atoms with E-state index in [0.29, 0.717) is 6.04 Å². The van der Waals surface area contributed by atoms with Gasteiger partial charge in [-0.25, -0.2) is 0 Å². The predicted octanol–water partition coefficient (Wildman–Crippen LogP) is 2.26. The minimum atomic E-state index is 0.359. The van der Waals surface area contributed by atoms with E-state index in [1.807, 2.05) is 20.2 Å². The van der Waals surface area contributed by atoms with Gasteiger partial charge < -0.3 is 15.4 Å². The minimum Gasteiger partial charge on any atom is -0.496 e. The van der Waals surface area contributed by atoms with Gasteiger partial charge >= 0.3 is 0 Å². The molecule has 1 aromatic carbocycles. The summed E-state index contributed by atoms with van der Waals surface area (Å²) in [5, 5.41) is 6.55. The number of rotatable bonds is 7. The zero-order chi connectivity index (χ0) is 12.7. The second-order valence-electron chi connectivity index (χ2n) is 4.33. The molecule has 17 heavy (non-hydrogen) atoms. The number of hydrogen-bond acceptors (Lipinski definition) is 3. The van der Waals surface area contributed by atoms with Gasteiger partial charge in [0, 0.05) is 11.6 Å². The van der Waals surface area contributed by atoms with Gasteiger partial charge in [-0.15, -0.1) is 0 Å². The Morgan fingerprint density at radius 1 is 1.29 bits per heavy atom. The number of hydrogen-bond donors (Lipinski definition) is 2. The Labute approximate surface area is 105 Å². The van der Waals surface area contributed by atoms with Crippen LogP contribution in [0.15, 0.2) is 18.2 Å². The van der Waals surface area contributed by atoms with Crippen LogP contribution in [-0.4, -0.2) is 27.7 Å². The molecule has 0 spiro atoms. The van der Waals surface area contributed by atoms with Gasteiger partial charge in [0.15, 0.2) is 0 Å². The number of ether oxygens (including phenoxy) is 1. The molecule has 3 nitrogen and oxygen atoms in total. The Bertz CT molecular complexity index is 339. The molecule has 0 amide bonds. The van der Waals surface area contributed by atoms with E-state index in [1.54, 1.807) is 7.11 Å². The van der Waals surface area contributed by atoms with Crippen molar-refractivity contribution in [1.82, 2.24) is 10.6 Å². The van der Waals surface area contributed by atoms with Gasteiger partial charge in [0.25, 0.3) is 0 Å². The average Bonchev–Trinajstić information content (AvgIpc) is 2.35. The molecule has 0 heterocycles. The molecule has 0 bridgehead atoms. The molecule has 0 saturated carbocycles. The summed E-state index contributed by atoms with van der Waals surface area (Å²) in [5.74, 6) is 0.972. The van der Waals surface area contributed by atoms with Gasteiger partial charge in [-0.3, -0.25) is 0 Å². The SMILES string of the molecule is CNCCCC(NC)c1cc(C)ccc1OC. The highest BCUT2D eigenvalue weighted by atomic mass is 16.5. The van der Waals surface area contributed by atoms with E-state index < -0.39 is 0 Å². The third-order valence-electron chi connectivity index (χ3n) is 3.03. The maximum Gasteiger partial charge on any atom is 0.123 e. The first-order valence-electron chi connectivity index (χ1n) is 6.19. The van der Waals surface area contributed by atoms with Crippen LogP contribution < -0.4 is 15.4 Å². The fraction of sp³-hybridized carbons (Fsp3) is 0.571. The molecular weight excluding hydrogens is 212 g/mol. The molecule has 0 fully saturated rings. The Kier molecular flexibility index (Phi) is 6.01. The summed E-state index contributed by atoms with van der Waals surface area (Å²) in [7, 11) is 5.72. The molecule has 1 atom stereocenters. The highest BCUT2D eigenvalue weighted by molar-refractivity contribution is 5.39. The molecule has 0 aliphatic carbocycles. The summed E-state index contributed by atoms with van der Waals surface area (Å²) in [6.45, 7) is 3.16. The van der Waals surface area contributed by atoms with E-state index in [4.69, 9.17) is 4.74 Å². The zero-order valence-corrected chi connectivity index (χ0v) is 11.3. The van der Waals surface area contributed by atoms with Crippen molar-refractivity contribution in [2.45, 2.75) is 25.8 Å². The van der Waals surface area contributed by atoms with E-state index in [2.05, 4.69) is 29.7 Å². The van der Waals surface area contributed by atoms with Gasteiger partial charge in [0.1, 0.15) is 5.75 Å². The molecule has 0 radical (unpaired) electrons. The summed E-state index contributed by atoms with van der Waals surface area (Å²) >= 11 is 0. The molecule has 0 saturated heterocycles. The minimum absolute atomic E-state index is 0.359. The third-order valence-corrected chi connectivity index (χ3v) is 3.03. The average molecular weight is 236 g/mol. The normalized spacial score (nSPS) is 12.5. The number of benzene rings is 1.